The molecule has 0 spiro atoms. The number of alkyl halides is 3. The van der Waals surface area contributed by atoms with Crippen molar-refractivity contribution in [3.63, 3.8) is 0 Å². The Morgan fingerprint density at radius 2 is 2.23 bits per heavy atom. The van der Waals surface area contributed by atoms with Crippen molar-refractivity contribution in [1.82, 2.24) is 15.2 Å². The van der Waals surface area contributed by atoms with Crippen molar-refractivity contribution in [3.05, 3.63) is 46.8 Å². The lowest BCUT2D eigenvalue weighted by Crippen LogP contribution is -2.39. The third kappa shape index (κ3) is 3.52. The lowest BCUT2D eigenvalue weighted by Gasteiger charge is -2.26. The minimum absolute atomic E-state index is 0.0717. The zero-order chi connectivity index (χ0) is 19.1. The molecule has 2 aliphatic rings. The van der Waals surface area contributed by atoms with Crippen molar-refractivity contribution >= 4 is 5.91 Å². The highest BCUT2D eigenvalue weighted by Gasteiger charge is 2.36. The van der Waals surface area contributed by atoms with E-state index >= 15 is 0 Å². The van der Waals surface area contributed by atoms with Crippen molar-refractivity contribution < 1.29 is 22.7 Å². The number of hydrogen-bond acceptors (Lipinski definition) is 5. The zero-order valence-electron chi connectivity index (χ0n) is 14.3. The van der Waals surface area contributed by atoms with Gasteiger partial charge >= 0.3 is 6.18 Å². The van der Waals surface area contributed by atoms with Crippen LogP contribution in [0.4, 0.5) is 13.2 Å². The van der Waals surface area contributed by atoms with E-state index in [2.05, 4.69) is 10.3 Å². The number of dihydropyridines is 1. The molecule has 6 nitrogen and oxygen atoms in total. The molecule has 0 fully saturated rings. The zero-order valence-corrected chi connectivity index (χ0v) is 14.3. The molecule has 140 valence electrons. The summed E-state index contributed by atoms with van der Waals surface area (Å²) in [5.74, 6) is -0.201. The molecule has 3 rings (SSSR count). The van der Waals surface area contributed by atoms with Gasteiger partial charge in [-0.15, -0.1) is 0 Å². The highest BCUT2D eigenvalue weighted by atomic mass is 19.4. The second-order valence-electron chi connectivity index (χ2n) is 6.32. The number of carbonyl (C=O) groups is 1. The molecule has 0 radical (unpaired) electrons. The number of carbonyl (C=O) groups excluding carboxylic acids is 1. The molecular weight excluding hydrogens is 349 g/mol. The molecule has 9 heteroatoms. The van der Waals surface area contributed by atoms with E-state index in [-0.39, 0.29) is 17.8 Å². The Labute approximate surface area is 148 Å². The fourth-order valence-corrected chi connectivity index (χ4v) is 3.02. The van der Waals surface area contributed by atoms with Gasteiger partial charge in [-0.25, -0.2) is 4.98 Å². The molecule has 3 N–H and O–H groups in total. The third-order valence-electron chi connectivity index (χ3n) is 4.45. The van der Waals surface area contributed by atoms with Crippen LogP contribution in [0.2, 0.25) is 0 Å². The van der Waals surface area contributed by atoms with E-state index < -0.39 is 18.9 Å². The lowest BCUT2D eigenvalue weighted by molar-refractivity contribution is -0.154. The number of hydrogen-bond donors (Lipinski definition) is 2. The molecule has 0 saturated carbocycles. The largest absolute Gasteiger partial charge is 0.468 e. The smallest absolute Gasteiger partial charge is 0.422 e. The first-order chi connectivity index (χ1) is 12.2. The number of aromatic nitrogens is 1. The van der Waals surface area contributed by atoms with E-state index in [4.69, 9.17) is 10.5 Å². The normalized spacial score (nSPS) is 20.9. The van der Waals surface area contributed by atoms with Gasteiger partial charge in [-0.05, 0) is 43.3 Å². The first kappa shape index (κ1) is 18.2. The number of nitrogens with one attached hydrogen (secondary N) is 1. The van der Waals surface area contributed by atoms with E-state index in [9.17, 15) is 18.0 Å². The van der Waals surface area contributed by atoms with E-state index in [0.29, 0.717) is 23.2 Å². The van der Waals surface area contributed by atoms with Gasteiger partial charge in [0.2, 0.25) is 5.88 Å². The molecule has 1 aromatic heterocycles. The Kier molecular flexibility index (Phi) is 4.66. The van der Waals surface area contributed by atoms with E-state index in [1.54, 1.807) is 30.2 Å². The summed E-state index contributed by atoms with van der Waals surface area (Å²) in [6.45, 7) is 2.45. The molecule has 1 amide bonds. The number of aryl methyl sites for hydroxylation is 1. The summed E-state index contributed by atoms with van der Waals surface area (Å²) in [4.78, 5) is 18.3. The van der Waals surface area contributed by atoms with Crippen LogP contribution in [-0.4, -0.2) is 41.3 Å². The summed E-state index contributed by atoms with van der Waals surface area (Å²) in [5.41, 5.74) is 8.56. The van der Waals surface area contributed by atoms with Crippen LogP contribution in [0.5, 0.6) is 5.88 Å². The quantitative estimate of drug-likeness (QED) is 0.849. The van der Waals surface area contributed by atoms with Crippen LogP contribution in [-0.2, 0) is 4.79 Å². The second kappa shape index (κ2) is 6.64. The maximum Gasteiger partial charge on any atom is 0.422 e. The molecule has 0 aliphatic carbocycles. The third-order valence-corrected chi connectivity index (χ3v) is 4.45. The second-order valence-corrected chi connectivity index (χ2v) is 6.32. The number of rotatable bonds is 4. The molecule has 1 aromatic rings. The van der Waals surface area contributed by atoms with Crippen molar-refractivity contribution in [2.45, 2.75) is 32.2 Å². The average molecular weight is 368 g/mol. The number of nitrogens with zero attached hydrogens (tertiary/aromatic N) is 2. The first-order valence-electron chi connectivity index (χ1n) is 8.05. The van der Waals surface area contributed by atoms with Crippen LogP contribution in [0.25, 0.3) is 0 Å². The summed E-state index contributed by atoms with van der Waals surface area (Å²) in [5, 5.41) is 2.96. The Balaban J connectivity index is 1.75. The van der Waals surface area contributed by atoms with Crippen LogP contribution in [0.3, 0.4) is 0 Å². The summed E-state index contributed by atoms with van der Waals surface area (Å²) in [7, 11) is 0. The van der Waals surface area contributed by atoms with Crippen molar-refractivity contribution in [2.75, 3.05) is 13.2 Å². The van der Waals surface area contributed by atoms with Crippen molar-refractivity contribution in [2.24, 2.45) is 5.73 Å². The van der Waals surface area contributed by atoms with Crippen LogP contribution < -0.4 is 15.8 Å². The highest BCUT2D eigenvalue weighted by Crippen LogP contribution is 2.32. The maximum atomic E-state index is 12.6. The predicted molar refractivity (Wildman–Crippen MR) is 87.9 cm³/mol. The molecule has 0 aromatic carbocycles. The SMILES string of the molecule is Cc1cc(C(C)N2CC3=C(C=CNC3N)C2=O)cnc1OCC(F)(F)F. The molecule has 2 unspecified atom stereocenters. The van der Waals surface area contributed by atoms with E-state index in [1.165, 1.54) is 6.20 Å². The molecular formula is C17H19F3N4O2. The average Bonchev–Trinajstić information content (AvgIpc) is 2.91. The fourth-order valence-electron chi connectivity index (χ4n) is 3.02. The Morgan fingerprint density at radius 1 is 1.50 bits per heavy atom. The Bertz CT molecular complexity index is 789. The van der Waals surface area contributed by atoms with Gasteiger partial charge in [0.05, 0.1) is 12.2 Å². The number of pyridine rings is 1. The van der Waals surface area contributed by atoms with Crippen LogP contribution in [0.15, 0.2) is 35.7 Å². The maximum absolute atomic E-state index is 12.6. The van der Waals surface area contributed by atoms with Crippen molar-refractivity contribution in [3.8, 4) is 5.88 Å². The molecule has 3 heterocycles. The Hall–Kier alpha value is -2.55. The van der Waals surface area contributed by atoms with Crippen LogP contribution in [0, 0.1) is 6.92 Å². The van der Waals surface area contributed by atoms with E-state index in [0.717, 1.165) is 5.57 Å². The summed E-state index contributed by atoms with van der Waals surface area (Å²) in [6.07, 6.45) is -0.0526. The van der Waals surface area contributed by atoms with Gasteiger partial charge in [-0.1, -0.05) is 0 Å². The topological polar surface area (TPSA) is 80.5 Å². The summed E-state index contributed by atoms with van der Waals surface area (Å²) in [6, 6.07) is 1.37. The number of ether oxygens (including phenoxy) is 1. The van der Waals surface area contributed by atoms with E-state index in [1.807, 2.05) is 6.92 Å². The first-order valence-corrected chi connectivity index (χ1v) is 8.05. The van der Waals surface area contributed by atoms with Gasteiger partial charge in [0, 0.05) is 23.9 Å². The minimum atomic E-state index is -4.42. The van der Waals surface area contributed by atoms with Crippen molar-refractivity contribution in [1.29, 1.82) is 0 Å². The van der Waals surface area contributed by atoms with Gasteiger partial charge in [0.1, 0.15) is 0 Å². The predicted octanol–water partition coefficient (Wildman–Crippen LogP) is 1.93. The molecule has 0 saturated heterocycles. The lowest BCUT2D eigenvalue weighted by atomic mass is 10.1. The summed E-state index contributed by atoms with van der Waals surface area (Å²) < 4.78 is 41.6. The minimum Gasteiger partial charge on any atom is -0.468 e. The molecule has 2 atom stereocenters. The monoisotopic (exact) mass is 368 g/mol. The van der Waals surface area contributed by atoms with Gasteiger partial charge < -0.3 is 20.7 Å². The number of nitrogens with two attached hydrogens (primary N) is 1. The van der Waals surface area contributed by atoms with Crippen LogP contribution in [0.1, 0.15) is 24.1 Å². The van der Waals surface area contributed by atoms with Gasteiger partial charge in [-0.2, -0.15) is 13.2 Å². The fraction of sp³-hybridized carbons (Fsp3) is 0.412. The number of amides is 1. The molecule has 2 aliphatic heterocycles. The van der Waals surface area contributed by atoms with Crippen LogP contribution >= 0.6 is 0 Å². The van der Waals surface area contributed by atoms with Gasteiger partial charge in [0.15, 0.2) is 6.61 Å². The standard InChI is InChI=1S/C17H19F3N4O2/c1-9-5-11(6-23-15(9)26-8-17(18,19)20)10(2)24-7-13-12(16(24)25)3-4-22-14(13)21/h3-6,10,14,22H,7-8,21H2,1-2H3. The Morgan fingerprint density at radius 3 is 2.85 bits per heavy atom. The summed E-state index contributed by atoms with van der Waals surface area (Å²) >= 11 is 0. The number of halogens is 3. The molecule has 26 heavy (non-hydrogen) atoms. The highest BCUT2D eigenvalue weighted by molar-refractivity contribution is 6.00. The molecule has 0 bridgehead atoms. The van der Waals surface area contributed by atoms with Gasteiger partial charge in [-0.3, -0.25) is 4.79 Å². The van der Waals surface area contributed by atoms with Gasteiger partial charge in [0.25, 0.3) is 5.91 Å².